The van der Waals surface area contributed by atoms with Crippen LogP contribution in [0.3, 0.4) is 0 Å². The van der Waals surface area contributed by atoms with Crippen molar-refractivity contribution in [3.63, 3.8) is 0 Å². The highest BCUT2D eigenvalue weighted by molar-refractivity contribution is 7.11. The van der Waals surface area contributed by atoms with Gasteiger partial charge in [0.15, 0.2) is 5.69 Å². The van der Waals surface area contributed by atoms with Gasteiger partial charge >= 0.3 is 6.18 Å². The predicted molar refractivity (Wildman–Crippen MR) is 69.8 cm³/mol. The summed E-state index contributed by atoms with van der Waals surface area (Å²) in [4.78, 5) is 4.23. The van der Waals surface area contributed by atoms with Crippen molar-refractivity contribution in [2.45, 2.75) is 50.4 Å². The molecule has 3 rings (SSSR count). The molecule has 0 unspecified atom stereocenters. The van der Waals surface area contributed by atoms with Crippen molar-refractivity contribution in [2.24, 2.45) is 0 Å². The molecule has 7 heteroatoms. The molecule has 1 aliphatic carbocycles. The maximum atomic E-state index is 13.1. The molecule has 112 valence electrons. The van der Waals surface area contributed by atoms with E-state index in [0.29, 0.717) is 29.1 Å². The van der Waals surface area contributed by atoms with Crippen molar-refractivity contribution in [3.05, 3.63) is 15.6 Å². The largest absolute Gasteiger partial charge is 0.434 e. The van der Waals surface area contributed by atoms with Crippen LogP contribution in [-0.4, -0.2) is 24.2 Å². The fourth-order valence-corrected chi connectivity index (χ4v) is 3.56. The molecule has 20 heavy (non-hydrogen) atoms. The van der Waals surface area contributed by atoms with Crippen molar-refractivity contribution in [1.82, 2.24) is 10.3 Å². The Morgan fingerprint density at radius 3 is 2.50 bits per heavy atom. The molecule has 0 bridgehead atoms. The van der Waals surface area contributed by atoms with Crippen LogP contribution in [0.4, 0.5) is 13.2 Å². The summed E-state index contributed by atoms with van der Waals surface area (Å²) in [5.74, 6) is 0.115. The molecule has 2 aliphatic rings. The van der Waals surface area contributed by atoms with Crippen molar-refractivity contribution < 1.29 is 17.9 Å². The standard InChI is InChI=1S/C13H17F3N2OS/c14-13(15,16)11-10(7-17-9-1-2-9)20-12(18-11)8-3-5-19-6-4-8/h8-9,17H,1-7H2. The van der Waals surface area contributed by atoms with Crippen LogP contribution in [0, 0.1) is 0 Å². The molecular weight excluding hydrogens is 289 g/mol. The van der Waals surface area contributed by atoms with Crippen LogP contribution >= 0.6 is 11.3 Å². The minimum atomic E-state index is -4.36. The number of aromatic nitrogens is 1. The minimum Gasteiger partial charge on any atom is -0.381 e. The first kappa shape index (κ1) is 14.3. The molecule has 1 N–H and O–H groups in total. The Morgan fingerprint density at radius 2 is 1.90 bits per heavy atom. The van der Waals surface area contributed by atoms with E-state index in [0.717, 1.165) is 25.7 Å². The molecule has 1 saturated carbocycles. The second kappa shape index (κ2) is 5.61. The summed E-state index contributed by atoms with van der Waals surface area (Å²) in [7, 11) is 0. The maximum absolute atomic E-state index is 13.1. The van der Waals surface area contributed by atoms with Gasteiger partial charge in [0, 0.05) is 31.7 Å². The van der Waals surface area contributed by atoms with E-state index < -0.39 is 11.9 Å². The smallest absolute Gasteiger partial charge is 0.381 e. The van der Waals surface area contributed by atoms with E-state index in [1.54, 1.807) is 0 Å². The van der Waals surface area contributed by atoms with Crippen LogP contribution in [0.2, 0.25) is 0 Å². The number of nitrogens with zero attached hydrogens (tertiary/aromatic N) is 1. The van der Waals surface area contributed by atoms with Gasteiger partial charge in [-0.2, -0.15) is 13.2 Å². The molecule has 0 amide bonds. The summed E-state index contributed by atoms with van der Waals surface area (Å²) in [5, 5.41) is 3.77. The lowest BCUT2D eigenvalue weighted by atomic mass is 10.0. The minimum absolute atomic E-state index is 0.115. The topological polar surface area (TPSA) is 34.1 Å². The zero-order valence-corrected chi connectivity index (χ0v) is 11.8. The molecule has 0 aromatic carbocycles. The lowest BCUT2D eigenvalue weighted by Crippen LogP contribution is -2.18. The second-order valence-corrected chi connectivity index (χ2v) is 6.48. The van der Waals surface area contributed by atoms with E-state index in [2.05, 4.69) is 10.3 Å². The van der Waals surface area contributed by atoms with Crippen LogP contribution in [0.1, 0.15) is 47.2 Å². The average Bonchev–Trinajstić information content (AvgIpc) is 3.14. The van der Waals surface area contributed by atoms with Gasteiger partial charge in [0.1, 0.15) is 0 Å². The number of hydrogen-bond acceptors (Lipinski definition) is 4. The summed E-state index contributed by atoms with van der Waals surface area (Å²) >= 11 is 1.21. The SMILES string of the molecule is FC(F)(F)c1nc(C2CCOCC2)sc1CNC1CC1. The van der Waals surface area contributed by atoms with E-state index in [1.807, 2.05) is 0 Å². The third kappa shape index (κ3) is 3.32. The van der Waals surface area contributed by atoms with Gasteiger partial charge in [-0.15, -0.1) is 11.3 Å². The zero-order chi connectivity index (χ0) is 14.2. The van der Waals surface area contributed by atoms with Crippen molar-refractivity contribution >= 4 is 11.3 Å². The second-order valence-electron chi connectivity index (χ2n) is 5.36. The Kier molecular flexibility index (Phi) is 4.01. The van der Waals surface area contributed by atoms with E-state index in [9.17, 15) is 13.2 Å². The fourth-order valence-electron chi connectivity index (χ4n) is 2.35. The molecule has 0 atom stereocenters. The molecular formula is C13H17F3N2OS. The normalized spacial score (nSPS) is 21.4. The summed E-state index contributed by atoms with van der Waals surface area (Å²) in [6.07, 6.45) is -0.707. The predicted octanol–water partition coefficient (Wildman–Crippen LogP) is 3.31. The first-order valence-electron chi connectivity index (χ1n) is 6.92. The summed E-state index contributed by atoms with van der Waals surface area (Å²) in [6, 6.07) is 0.393. The quantitative estimate of drug-likeness (QED) is 0.926. The van der Waals surface area contributed by atoms with Crippen LogP contribution in [0.25, 0.3) is 0 Å². The molecule has 1 aromatic heterocycles. The van der Waals surface area contributed by atoms with E-state index in [1.165, 1.54) is 11.3 Å². The number of halogens is 3. The van der Waals surface area contributed by atoms with Crippen molar-refractivity contribution in [1.29, 1.82) is 0 Å². The van der Waals surface area contributed by atoms with Gasteiger partial charge in [-0.05, 0) is 25.7 Å². The van der Waals surface area contributed by atoms with E-state index in [-0.39, 0.29) is 12.5 Å². The van der Waals surface area contributed by atoms with Gasteiger partial charge < -0.3 is 10.1 Å². The van der Waals surface area contributed by atoms with Crippen LogP contribution < -0.4 is 5.32 Å². The molecule has 1 aromatic rings. The van der Waals surface area contributed by atoms with Crippen LogP contribution in [0.5, 0.6) is 0 Å². The van der Waals surface area contributed by atoms with E-state index >= 15 is 0 Å². The third-order valence-electron chi connectivity index (χ3n) is 3.68. The third-order valence-corrected chi connectivity index (χ3v) is 4.90. The number of thiazole rings is 1. The van der Waals surface area contributed by atoms with Gasteiger partial charge in [-0.3, -0.25) is 0 Å². The van der Waals surface area contributed by atoms with Crippen LogP contribution in [-0.2, 0) is 17.5 Å². The Morgan fingerprint density at radius 1 is 1.20 bits per heavy atom. The van der Waals surface area contributed by atoms with Crippen LogP contribution in [0.15, 0.2) is 0 Å². The Hall–Kier alpha value is -0.660. The Labute approximate surface area is 119 Å². The zero-order valence-electron chi connectivity index (χ0n) is 11.0. The van der Waals surface area contributed by atoms with Gasteiger partial charge in [-0.1, -0.05) is 0 Å². The highest BCUT2D eigenvalue weighted by Gasteiger charge is 2.38. The van der Waals surface area contributed by atoms with Gasteiger partial charge in [0.25, 0.3) is 0 Å². The maximum Gasteiger partial charge on any atom is 0.434 e. The molecule has 0 spiro atoms. The molecule has 3 nitrogen and oxygen atoms in total. The average molecular weight is 306 g/mol. The lowest BCUT2D eigenvalue weighted by Gasteiger charge is -2.19. The molecule has 0 radical (unpaired) electrons. The van der Waals surface area contributed by atoms with Gasteiger partial charge in [0.05, 0.1) is 9.88 Å². The summed E-state index contributed by atoms with van der Waals surface area (Å²) in [5.41, 5.74) is -0.697. The molecule has 2 fully saturated rings. The summed E-state index contributed by atoms with van der Waals surface area (Å²) in [6.45, 7) is 1.50. The number of alkyl halides is 3. The van der Waals surface area contributed by atoms with Gasteiger partial charge in [-0.25, -0.2) is 4.98 Å². The van der Waals surface area contributed by atoms with Crippen molar-refractivity contribution in [2.75, 3.05) is 13.2 Å². The first-order valence-corrected chi connectivity index (χ1v) is 7.73. The molecule has 1 aliphatic heterocycles. The highest BCUT2D eigenvalue weighted by atomic mass is 32.1. The number of ether oxygens (including phenoxy) is 1. The number of hydrogen-bond donors (Lipinski definition) is 1. The number of nitrogens with one attached hydrogen (secondary N) is 1. The monoisotopic (exact) mass is 306 g/mol. The first-order chi connectivity index (χ1) is 9.54. The fraction of sp³-hybridized carbons (Fsp3) is 0.769. The van der Waals surface area contributed by atoms with Gasteiger partial charge in [0.2, 0.25) is 0 Å². The van der Waals surface area contributed by atoms with E-state index in [4.69, 9.17) is 4.74 Å². The molecule has 2 heterocycles. The molecule has 1 saturated heterocycles. The number of rotatable bonds is 4. The Bertz CT molecular complexity index is 465. The van der Waals surface area contributed by atoms with Crippen molar-refractivity contribution in [3.8, 4) is 0 Å². The lowest BCUT2D eigenvalue weighted by molar-refractivity contribution is -0.141. The highest BCUT2D eigenvalue weighted by Crippen LogP contribution is 2.39. The summed E-state index contributed by atoms with van der Waals surface area (Å²) < 4.78 is 44.4. The Balaban J connectivity index is 1.79.